The second-order valence-electron chi connectivity index (χ2n) is 7.71. The SMILES string of the molecule is Cc1ccoc1C(=O)NC1CCN(CCC(=O)N2CCc3sccc3C2)CC1. The number of hydrogen-bond acceptors (Lipinski definition) is 5. The van der Waals surface area contributed by atoms with E-state index in [9.17, 15) is 9.59 Å². The van der Waals surface area contributed by atoms with Gasteiger partial charge in [-0.25, -0.2) is 0 Å². The molecular weight excluding hydrogens is 374 g/mol. The summed E-state index contributed by atoms with van der Waals surface area (Å²) in [5, 5.41) is 5.19. The van der Waals surface area contributed by atoms with Crippen LogP contribution in [0.2, 0.25) is 0 Å². The first-order valence-corrected chi connectivity index (χ1v) is 10.9. The lowest BCUT2D eigenvalue weighted by Crippen LogP contribution is -2.45. The highest BCUT2D eigenvalue weighted by molar-refractivity contribution is 7.10. The number of furan rings is 1. The maximum Gasteiger partial charge on any atom is 0.287 e. The van der Waals surface area contributed by atoms with Crippen molar-refractivity contribution >= 4 is 23.2 Å². The number of thiophene rings is 1. The third-order valence-corrected chi connectivity index (χ3v) is 6.82. The quantitative estimate of drug-likeness (QED) is 0.837. The number of piperidine rings is 1. The summed E-state index contributed by atoms with van der Waals surface area (Å²) in [6, 6.07) is 4.11. The minimum absolute atomic E-state index is 0.131. The van der Waals surface area contributed by atoms with Crippen molar-refractivity contribution in [1.29, 1.82) is 0 Å². The van der Waals surface area contributed by atoms with Crippen molar-refractivity contribution in [2.24, 2.45) is 0 Å². The van der Waals surface area contributed by atoms with Crippen molar-refractivity contribution in [3.05, 3.63) is 45.5 Å². The molecule has 2 aromatic rings. The van der Waals surface area contributed by atoms with E-state index < -0.39 is 0 Å². The van der Waals surface area contributed by atoms with Crippen LogP contribution < -0.4 is 5.32 Å². The van der Waals surface area contributed by atoms with Gasteiger partial charge >= 0.3 is 0 Å². The van der Waals surface area contributed by atoms with Crippen molar-refractivity contribution in [1.82, 2.24) is 15.1 Å². The minimum atomic E-state index is -0.131. The summed E-state index contributed by atoms with van der Waals surface area (Å²) in [6.07, 6.45) is 4.91. The van der Waals surface area contributed by atoms with Gasteiger partial charge in [0, 0.05) is 55.6 Å². The topological polar surface area (TPSA) is 65.8 Å². The number of carbonyl (C=O) groups excluding carboxylic acids is 2. The number of hydrogen-bond donors (Lipinski definition) is 1. The number of rotatable bonds is 5. The van der Waals surface area contributed by atoms with Crippen LogP contribution in [0.1, 0.15) is 45.8 Å². The number of fused-ring (bicyclic) bond motifs is 1. The molecule has 6 nitrogen and oxygen atoms in total. The smallest absolute Gasteiger partial charge is 0.287 e. The first-order chi connectivity index (χ1) is 13.6. The summed E-state index contributed by atoms with van der Waals surface area (Å²) < 4.78 is 5.26. The van der Waals surface area contributed by atoms with Gasteiger partial charge in [0.2, 0.25) is 5.91 Å². The van der Waals surface area contributed by atoms with Gasteiger partial charge in [-0.1, -0.05) is 0 Å². The monoisotopic (exact) mass is 401 g/mol. The molecule has 0 bridgehead atoms. The minimum Gasteiger partial charge on any atom is -0.459 e. The molecule has 0 radical (unpaired) electrons. The molecule has 0 saturated carbocycles. The normalized spacial score (nSPS) is 18.1. The molecule has 0 atom stereocenters. The Labute approximate surface area is 169 Å². The van der Waals surface area contributed by atoms with Crippen LogP contribution in [0.5, 0.6) is 0 Å². The highest BCUT2D eigenvalue weighted by Gasteiger charge is 2.25. The lowest BCUT2D eigenvalue weighted by Gasteiger charge is -2.33. The van der Waals surface area contributed by atoms with Crippen LogP contribution in [0.3, 0.4) is 0 Å². The maximum atomic E-state index is 12.6. The van der Waals surface area contributed by atoms with Crippen LogP contribution in [-0.2, 0) is 17.8 Å². The molecule has 0 spiro atoms. The van der Waals surface area contributed by atoms with Crippen LogP contribution in [0, 0.1) is 6.92 Å². The lowest BCUT2D eigenvalue weighted by atomic mass is 10.0. The Morgan fingerprint density at radius 3 is 2.82 bits per heavy atom. The van der Waals surface area contributed by atoms with E-state index in [1.165, 1.54) is 10.4 Å². The van der Waals surface area contributed by atoms with Crippen molar-refractivity contribution in [3.63, 3.8) is 0 Å². The van der Waals surface area contributed by atoms with E-state index in [1.807, 2.05) is 11.8 Å². The fraction of sp³-hybridized carbons (Fsp3) is 0.524. The van der Waals surface area contributed by atoms with Gasteiger partial charge in [-0.05, 0) is 49.3 Å². The molecule has 1 fully saturated rings. The van der Waals surface area contributed by atoms with Crippen LogP contribution in [0.4, 0.5) is 0 Å². The number of carbonyl (C=O) groups is 2. The van der Waals surface area contributed by atoms with Gasteiger partial charge in [-0.2, -0.15) is 0 Å². The van der Waals surface area contributed by atoms with E-state index in [0.29, 0.717) is 12.2 Å². The number of aryl methyl sites for hydroxylation is 1. The van der Waals surface area contributed by atoms with Crippen LogP contribution in [0.25, 0.3) is 0 Å². The molecule has 2 aromatic heterocycles. The van der Waals surface area contributed by atoms with Crippen LogP contribution in [-0.4, -0.2) is 53.8 Å². The Bertz CT molecular complexity index is 836. The van der Waals surface area contributed by atoms with Crippen LogP contribution >= 0.6 is 11.3 Å². The largest absolute Gasteiger partial charge is 0.459 e. The molecule has 1 saturated heterocycles. The Balaban J connectivity index is 1.18. The summed E-state index contributed by atoms with van der Waals surface area (Å²) in [5.41, 5.74) is 2.17. The number of amides is 2. The average Bonchev–Trinajstić information content (AvgIpc) is 3.35. The molecule has 0 aliphatic carbocycles. The zero-order valence-corrected chi connectivity index (χ0v) is 17.1. The highest BCUT2D eigenvalue weighted by atomic mass is 32.1. The van der Waals surface area contributed by atoms with E-state index in [1.54, 1.807) is 23.7 Å². The van der Waals surface area contributed by atoms with Crippen LogP contribution in [0.15, 0.2) is 28.2 Å². The molecule has 4 rings (SSSR count). The van der Waals surface area contributed by atoms with E-state index in [4.69, 9.17) is 4.42 Å². The van der Waals surface area contributed by atoms with E-state index >= 15 is 0 Å². The first kappa shape index (κ1) is 19.2. The molecule has 0 unspecified atom stereocenters. The van der Waals surface area contributed by atoms with Gasteiger partial charge in [0.05, 0.1) is 6.26 Å². The predicted molar refractivity (Wildman–Crippen MR) is 108 cm³/mol. The summed E-state index contributed by atoms with van der Waals surface area (Å²) >= 11 is 1.80. The Hall–Kier alpha value is -2.12. The zero-order chi connectivity index (χ0) is 19.5. The third-order valence-electron chi connectivity index (χ3n) is 5.79. The Kier molecular flexibility index (Phi) is 5.82. The number of likely N-dealkylation sites (tertiary alicyclic amines) is 1. The van der Waals surface area contributed by atoms with Crippen molar-refractivity contribution in [3.8, 4) is 0 Å². The number of nitrogens with zero attached hydrogens (tertiary/aromatic N) is 2. The molecule has 28 heavy (non-hydrogen) atoms. The molecule has 4 heterocycles. The molecule has 2 aliphatic rings. The summed E-state index contributed by atoms with van der Waals surface area (Å²) in [6.45, 7) is 6.09. The lowest BCUT2D eigenvalue weighted by molar-refractivity contribution is -0.132. The van der Waals surface area contributed by atoms with Crippen molar-refractivity contribution < 1.29 is 14.0 Å². The first-order valence-electron chi connectivity index (χ1n) is 10.0. The second-order valence-corrected chi connectivity index (χ2v) is 8.71. The fourth-order valence-corrected chi connectivity index (χ4v) is 4.92. The predicted octanol–water partition coefficient (Wildman–Crippen LogP) is 2.82. The van der Waals surface area contributed by atoms with Gasteiger partial charge in [0.25, 0.3) is 5.91 Å². The molecule has 7 heteroatoms. The van der Waals surface area contributed by atoms with Gasteiger partial charge in [0.1, 0.15) is 0 Å². The summed E-state index contributed by atoms with van der Waals surface area (Å²) in [4.78, 5) is 30.6. The molecule has 0 aromatic carbocycles. The fourth-order valence-electron chi connectivity index (χ4n) is 4.03. The molecule has 150 valence electrons. The Morgan fingerprint density at radius 2 is 2.07 bits per heavy atom. The zero-order valence-electron chi connectivity index (χ0n) is 16.3. The number of nitrogens with one attached hydrogen (secondary N) is 1. The molecule has 1 N–H and O–H groups in total. The van der Waals surface area contributed by atoms with Gasteiger partial charge in [-0.3, -0.25) is 9.59 Å². The van der Waals surface area contributed by atoms with E-state index in [0.717, 1.165) is 57.5 Å². The van der Waals surface area contributed by atoms with E-state index in [2.05, 4.69) is 21.7 Å². The van der Waals surface area contributed by atoms with Gasteiger partial charge in [0.15, 0.2) is 5.76 Å². The van der Waals surface area contributed by atoms with Crippen molar-refractivity contribution in [2.45, 2.75) is 45.2 Å². The molecular formula is C21H27N3O3S. The van der Waals surface area contributed by atoms with Gasteiger partial charge < -0.3 is 19.5 Å². The standard InChI is InChI=1S/C21H27N3O3S/c1-15-6-12-27-20(15)21(26)22-17-2-8-23(9-3-17)10-5-19(25)24-11-4-18-16(14-24)7-13-28-18/h6-7,12-13,17H,2-5,8-11,14H2,1H3,(H,22,26). The highest BCUT2D eigenvalue weighted by Crippen LogP contribution is 2.24. The van der Waals surface area contributed by atoms with Crippen molar-refractivity contribution in [2.75, 3.05) is 26.2 Å². The average molecular weight is 402 g/mol. The Morgan fingerprint density at radius 1 is 1.25 bits per heavy atom. The van der Waals surface area contributed by atoms with E-state index in [-0.39, 0.29) is 17.9 Å². The second kappa shape index (κ2) is 8.49. The molecule has 2 amide bonds. The molecule has 2 aliphatic heterocycles. The van der Waals surface area contributed by atoms with Gasteiger partial charge in [-0.15, -0.1) is 11.3 Å². The maximum absolute atomic E-state index is 12.6. The third kappa shape index (κ3) is 4.31. The summed E-state index contributed by atoms with van der Waals surface area (Å²) in [5.74, 6) is 0.526. The summed E-state index contributed by atoms with van der Waals surface area (Å²) in [7, 11) is 0.